The molecule has 3 aromatic heterocycles. The lowest BCUT2D eigenvalue weighted by molar-refractivity contribution is 0.591. The maximum absolute atomic E-state index is 12.3. The van der Waals surface area contributed by atoms with Crippen molar-refractivity contribution in [1.82, 2.24) is 9.97 Å². The van der Waals surface area contributed by atoms with Crippen molar-refractivity contribution in [2.75, 3.05) is 0 Å². The van der Waals surface area contributed by atoms with Crippen LogP contribution in [0.2, 0.25) is 0 Å². The molecule has 21 heavy (non-hydrogen) atoms. The highest BCUT2D eigenvalue weighted by Gasteiger charge is 2.19. The fourth-order valence-corrected chi connectivity index (χ4v) is 4.75. The third kappa shape index (κ3) is 3.39. The SMILES string of the molecule is O=S(=O)(Cc1csc(-c2ccsc2)n1)c1ccc(Br)cn1. The molecule has 0 aliphatic rings. The summed E-state index contributed by atoms with van der Waals surface area (Å²) in [6.45, 7) is 0. The number of thiophene rings is 1. The number of hydrogen-bond donors (Lipinski definition) is 0. The molecule has 0 bridgehead atoms. The van der Waals surface area contributed by atoms with Gasteiger partial charge in [0.15, 0.2) is 5.03 Å². The van der Waals surface area contributed by atoms with E-state index in [1.807, 2.05) is 16.8 Å². The standard InChI is InChI=1S/C13H9BrN2O2S3/c14-10-1-2-12(15-5-10)21(17,18)8-11-7-20-13(16-11)9-3-4-19-6-9/h1-7H,8H2. The zero-order valence-electron chi connectivity index (χ0n) is 10.6. The van der Waals surface area contributed by atoms with Crippen molar-refractivity contribution in [3.8, 4) is 10.6 Å². The fraction of sp³-hybridized carbons (Fsp3) is 0.0769. The lowest BCUT2D eigenvalue weighted by Crippen LogP contribution is -2.07. The van der Waals surface area contributed by atoms with Crippen LogP contribution in [-0.4, -0.2) is 18.4 Å². The molecule has 0 aliphatic heterocycles. The molecule has 3 rings (SSSR count). The second-order valence-electron chi connectivity index (χ2n) is 4.23. The van der Waals surface area contributed by atoms with Crippen LogP contribution in [0.5, 0.6) is 0 Å². The van der Waals surface area contributed by atoms with Crippen molar-refractivity contribution in [1.29, 1.82) is 0 Å². The highest BCUT2D eigenvalue weighted by molar-refractivity contribution is 9.10. The van der Waals surface area contributed by atoms with E-state index in [9.17, 15) is 8.42 Å². The van der Waals surface area contributed by atoms with E-state index in [2.05, 4.69) is 25.9 Å². The number of nitrogens with zero attached hydrogens (tertiary/aromatic N) is 2. The van der Waals surface area contributed by atoms with Gasteiger partial charge in [-0.1, -0.05) is 0 Å². The molecule has 0 fully saturated rings. The first-order chi connectivity index (χ1) is 10.0. The van der Waals surface area contributed by atoms with E-state index in [1.54, 1.807) is 22.8 Å². The number of halogens is 1. The van der Waals surface area contributed by atoms with Crippen molar-refractivity contribution in [2.45, 2.75) is 10.8 Å². The third-order valence-electron chi connectivity index (χ3n) is 2.68. The van der Waals surface area contributed by atoms with Crippen LogP contribution < -0.4 is 0 Å². The van der Waals surface area contributed by atoms with Gasteiger partial charge in [-0.25, -0.2) is 18.4 Å². The van der Waals surface area contributed by atoms with Crippen molar-refractivity contribution < 1.29 is 8.42 Å². The Hall–Kier alpha value is -1.09. The monoisotopic (exact) mass is 400 g/mol. The van der Waals surface area contributed by atoms with Crippen molar-refractivity contribution in [3.63, 3.8) is 0 Å². The summed E-state index contributed by atoms with van der Waals surface area (Å²) in [5, 5.41) is 6.65. The minimum absolute atomic E-state index is 0.0655. The number of hydrogen-bond acceptors (Lipinski definition) is 6. The smallest absolute Gasteiger partial charge is 0.201 e. The van der Waals surface area contributed by atoms with Crippen LogP contribution in [0.15, 0.2) is 50.0 Å². The topological polar surface area (TPSA) is 59.9 Å². The molecule has 108 valence electrons. The molecule has 8 heteroatoms. The zero-order chi connectivity index (χ0) is 14.9. The van der Waals surface area contributed by atoms with Crippen LogP contribution in [0.4, 0.5) is 0 Å². The van der Waals surface area contributed by atoms with E-state index in [1.165, 1.54) is 23.6 Å². The molecule has 0 N–H and O–H groups in total. The Morgan fingerprint density at radius 2 is 2.05 bits per heavy atom. The number of sulfone groups is 1. The molecule has 0 unspecified atom stereocenters. The van der Waals surface area contributed by atoms with E-state index in [-0.39, 0.29) is 10.8 Å². The molecule has 0 aromatic carbocycles. The van der Waals surface area contributed by atoms with Gasteiger partial charge in [0.2, 0.25) is 9.84 Å². The minimum atomic E-state index is -3.47. The highest BCUT2D eigenvalue weighted by Crippen LogP contribution is 2.27. The summed E-state index contributed by atoms with van der Waals surface area (Å²) < 4.78 is 25.3. The molecule has 0 saturated carbocycles. The minimum Gasteiger partial charge on any atom is -0.244 e. The Morgan fingerprint density at radius 1 is 1.19 bits per heavy atom. The normalized spacial score (nSPS) is 11.7. The van der Waals surface area contributed by atoms with Crippen molar-refractivity contribution in [2.24, 2.45) is 0 Å². The number of rotatable bonds is 4. The fourth-order valence-electron chi connectivity index (χ4n) is 1.71. The average Bonchev–Trinajstić information content (AvgIpc) is 3.09. The van der Waals surface area contributed by atoms with Crippen LogP contribution >= 0.6 is 38.6 Å². The van der Waals surface area contributed by atoms with Gasteiger partial charge in [0.05, 0.1) is 11.4 Å². The molecular formula is C13H9BrN2O2S3. The maximum Gasteiger partial charge on any atom is 0.201 e. The Balaban J connectivity index is 1.84. The second kappa shape index (κ2) is 5.96. The van der Waals surface area contributed by atoms with Crippen molar-refractivity contribution in [3.05, 3.63) is 50.7 Å². The van der Waals surface area contributed by atoms with Crippen LogP contribution in [0, 0.1) is 0 Å². The first-order valence-electron chi connectivity index (χ1n) is 5.86. The summed E-state index contributed by atoms with van der Waals surface area (Å²) in [5.41, 5.74) is 1.57. The summed E-state index contributed by atoms with van der Waals surface area (Å²) in [6, 6.07) is 5.13. The molecule has 0 spiro atoms. The molecule has 0 amide bonds. The number of pyridine rings is 1. The van der Waals surface area contributed by atoms with Gasteiger partial charge in [-0.05, 0) is 39.5 Å². The second-order valence-corrected chi connectivity index (χ2v) is 8.72. The molecule has 3 aromatic rings. The summed E-state index contributed by atoms with van der Waals surface area (Å²) in [7, 11) is -3.47. The van der Waals surface area contributed by atoms with Gasteiger partial charge < -0.3 is 0 Å². The van der Waals surface area contributed by atoms with E-state index in [0.29, 0.717) is 5.69 Å². The number of aromatic nitrogens is 2. The average molecular weight is 401 g/mol. The van der Waals surface area contributed by atoms with Crippen molar-refractivity contribution >= 4 is 48.4 Å². The summed E-state index contributed by atoms with van der Waals surface area (Å²) in [4.78, 5) is 8.34. The van der Waals surface area contributed by atoms with Gasteiger partial charge in [0.25, 0.3) is 0 Å². The Bertz CT molecular complexity index is 840. The Kier molecular flexibility index (Phi) is 4.21. The Morgan fingerprint density at radius 3 is 2.71 bits per heavy atom. The first kappa shape index (κ1) is 14.8. The van der Waals surface area contributed by atoms with E-state index in [0.717, 1.165) is 15.0 Å². The predicted molar refractivity (Wildman–Crippen MR) is 88.3 cm³/mol. The molecule has 0 aliphatic carbocycles. The van der Waals surface area contributed by atoms with Gasteiger partial charge in [-0.3, -0.25) is 0 Å². The largest absolute Gasteiger partial charge is 0.244 e. The Labute approximate surface area is 138 Å². The van der Waals surface area contributed by atoms with E-state index >= 15 is 0 Å². The van der Waals surface area contributed by atoms with Gasteiger partial charge in [0, 0.05) is 27.0 Å². The molecule has 0 saturated heterocycles. The molecule has 0 radical (unpaired) electrons. The van der Waals surface area contributed by atoms with E-state index < -0.39 is 9.84 Å². The molecule has 3 heterocycles. The zero-order valence-corrected chi connectivity index (χ0v) is 14.6. The first-order valence-corrected chi connectivity index (χ1v) is 10.1. The van der Waals surface area contributed by atoms with Gasteiger partial charge in [-0.2, -0.15) is 11.3 Å². The van der Waals surface area contributed by atoms with Gasteiger partial charge >= 0.3 is 0 Å². The quantitative estimate of drug-likeness (QED) is 0.663. The summed E-state index contributed by atoms with van der Waals surface area (Å²) >= 11 is 6.28. The van der Waals surface area contributed by atoms with Gasteiger partial charge in [0.1, 0.15) is 5.01 Å². The summed E-state index contributed by atoms with van der Waals surface area (Å²) in [5.74, 6) is -0.137. The summed E-state index contributed by atoms with van der Waals surface area (Å²) in [6.07, 6.45) is 1.48. The molecule has 4 nitrogen and oxygen atoms in total. The van der Waals surface area contributed by atoms with Gasteiger partial charge in [-0.15, -0.1) is 11.3 Å². The molecular weight excluding hydrogens is 392 g/mol. The van der Waals surface area contributed by atoms with Crippen LogP contribution in [-0.2, 0) is 15.6 Å². The number of thiazole rings is 1. The van der Waals surface area contributed by atoms with Crippen LogP contribution in [0.1, 0.15) is 5.69 Å². The lowest BCUT2D eigenvalue weighted by Gasteiger charge is -2.01. The van der Waals surface area contributed by atoms with Crippen LogP contribution in [0.25, 0.3) is 10.6 Å². The molecule has 0 atom stereocenters. The van der Waals surface area contributed by atoms with Crippen LogP contribution in [0.3, 0.4) is 0 Å². The predicted octanol–water partition coefficient (Wildman–Crippen LogP) is 4.00. The van der Waals surface area contributed by atoms with E-state index in [4.69, 9.17) is 0 Å². The lowest BCUT2D eigenvalue weighted by atomic mass is 10.4. The highest BCUT2D eigenvalue weighted by atomic mass is 79.9. The third-order valence-corrected chi connectivity index (χ3v) is 6.32. The maximum atomic E-state index is 12.3.